The van der Waals surface area contributed by atoms with E-state index >= 15 is 0 Å². The lowest BCUT2D eigenvalue weighted by Gasteiger charge is -2.09. The van der Waals surface area contributed by atoms with Crippen LogP contribution in [-0.2, 0) is 19.1 Å². The highest BCUT2D eigenvalue weighted by Gasteiger charge is 2.19. The van der Waals surface area contributed by atoms with Gasteiger partial charge in [0.15, 0.2) is 6.04 Å². The predicted octanol–water partition coefficient (Wildman–Crippen LogP) is 1.36. The summed E-state index contributed by atoms with van der Waals surface area (Å²) in [5, 5.41) is 2.12. The second kappa shape index (κ2) is 9.00. The summed E-state index contributed by atoms with van der Waals surface area (Å²) in [6.45, 7) is 4.00. The van der Waals surface area contributed by atoms with E-state index in [4.69, 9.17) is 9.47 Å². The number of thiocarbonyl (C=S) groups is 1. The maximum Gasteiger partial charge on any atom is 0.331 e. The number of rotatable bonds is 7. The summed E-state index contributed by atoms with van der Waals surface area (Å²) in [6.07, 6.45) is 0.332. The number of hydrogen-bond donors (Lipinski definition) is 0. The van der Waals surface area contributed by atoms with Crippen molar-refractivity contribution in [1.29, 1.82) is 0 Å². The van der Waals surface area contributed by atoms with Crippen molar-refractivity contribution in [2.45, 2.75) is 32.7 Å². The fourth-order valence-electron chi connectivity index (χ4n) is 1.02. The van der Waals surface area contributed by atoms with Crippen molar-refractivity contribution in [3.8, 4) is 0 Å². The van der Waals surface area contributed by atoms with Gasteiger partial charge in [0.2, 0.25) is 0 Å². The van der Waals surface area contributed by atoms with E-state index in [1.54, 1.807) is 13.8 Å². The van der Waals surface area contributed by atoms with E-state index in [0.717, 1.165) is 0 Å². The topological polar surface area (TPSA) is 65.0 Å². The van der Waals surface area contributed by atoms with Crippen molar-refractivity contribution in [3.05, 3.63) is 0 Å². The molecule has 0 saturated heterocycles. The lowest BCUT2D eigenvalue weighted by atomic mass is 10.1. The van der Waals surface area contributed by atoms with E-state index in [1.165, 1.54) is 0 Å². The molecule has 0 rings (SSSR count). The zero-order valence-corrected chi connectivity index (χ0v) is 10.2. The SMILES string of the molecule is CCOC(=O)CC[C@H](N=C=S)C(=O)OCC. The summed E-state index contributed by atoms with van der Waals surface area (Å²) in [6, 6.07) is -0.762. The molecule has 0 aliphatic rings. The van der Waals surface area contributed by atoms with Gasteiger partial charge in [-0.3, -0.25) is 4.79 Å². The highest BCUT2D eigenvalue weighted by atomic mass is 32.1. The molecule has 16 heavy (non-hydrogen) atoms. The average Bonchev–Trinajstić information content (AvgIpc) is 2.24. The van der Waals surface area contributed by atoms with Gasteiger partial charge in [-0.2, -0.15) is 0 Å². The third-order valence-corrected chi connectivity index (χ3v) is 1.80. The van der Waals surface area contributed by atoms with Crippen molar-refractivity contribution in [1.82, 2.24) is 0 Å². The molecular formula is C10H15NO4S. The minimum Gasteiger partial charge on any atom is -0.466 e. The monoisotopic (exact) mass is 245 g/mol. The third kappa shape index (κ3) is 6.27. The van der Waals surface area contributed by atoms with E-state index in [2.05, 4.69) is 22.4 Å². The Morgan fingerprint density at radius 3 is 2.44 bits per heavy atom. The normalized spacial score (nSPS) is 11.1. The Morgan fingerprint density at radius 1 is 1.31 bits per heavy atom. The van der Waals surface area contributed by atoms with Gasteiger partial charge >= 0.3 is 11.9 Å². The van der Waals surface area contributed by atoms with Crippen LogP contribution in [0.2, 0.25) is 0 Å². The zero-order valence-electron chi connectivity index (χ0n) is 9.39. The van der Waals surface area contributed by atoms with Crippen LogP contribution >= 0.6 is 12.2 Å². The largest absolute Gasteiger partial charge is 0.466 e. The Hall–Kier alpha value is -1.26. The molecule has 0 N–H and O–H groups in total. The molecule has 0 aliphatic carbocycles. The van der Waals surface area contributed by atoms with Crippen molar-refractivity contribution >= 4 is 29.3 Å². The molecule has 0 bridgehead atoms. The molecule has 1 atom stereocenters. The molecule has 5 nitrogen and oxygen atoms in total. The Labute approximate surface area is 99.8 Å². The van der Waals surface area contributed by atoms with Gasteiger partial charge < -0.3 is 9.47 Å². The van der Waals surface area contributed by atoms with Crippen molar-refractivity contribution in [2.24, 2.45) is 4.99 Å². The van der Waals surface area contributed by atoms with Crippen LogP contribution in [0.15, 0.2) is 4.99 Å². The van der Waals surface area contributed by atoms with Gasteiger partial charge in [-0.25, -0.2) is 9.79 Å². The number of isothiocyanates is 1. The fraction of sp³-hybridized carbons (Fsp3) is 0.700. The molecule has 0 aromatic heterocycles. The van der Waals surface area contributed by atoms with Gasteiger partial charge in [0, 0.05) is 6.42 Å². The van der Waals surface area contributed by atoms with Crippen LogP contribution in [0.1, 0.15) is 26.7 Å². The highest BCUT2D eigenvalue weighted by molar-refractivity contribution is 7.78. The van der Waals surface area contributed by atoms with Crippen LogP contribution < -0.4 is 0 Å². The highest BCUT2D eigenvalue weighted by Crippen LogP contribution is 2.05. The van der Waals surface area contributed by atoms with Gasteiger partial charge in [0.1, 0.15) is 0 Å². The maximum absolute atomic E-state index is 11.3. The standard InChI is InChI=1S/C10H15NO4S/c1-3-14-9(12)6-5-8(11-7-16)10(13)15-4-2/h8H,3-6H2,1-2H3/t8-/m0/s1. The van der Waals surface area contributed by atoms with E-state index in [0.29, 0.717) is 6.61 Å². The first-order chi connectivity index (χ1) is 7.65. The lowest BCUT2D eigenvalue weighted by Crippen LogP contribution is -2.22. The van der Waals surface area contributed by atoms with E-state index < -0.39 is 12.0 Å². The summed E-state index contributed by atoms with van der Waals surface area (Å²) < 4.78 is 9.51. The van der Waals surface area contributed by atoms with Crippen molar-refractivity contribution < 1.29 is 19.1 Å². The van der Waals surface area contributed by atoms with Crippen LogP contribution in [-0.4, -0.2) is 36.4 Å². The Bertz CT molecular complexity index is 287. The van der Waals surface area contributed by atoms with Crippen molar-refractivity contribution in [2.75, 3.05) is 13.2 Å². The molecule has 0 aromatic carbocycles. The molecule has 0 aromatic rings. The second-order valence-electron chi connectivity index (χ2n) is 2.83. The molecule has 0 amide bonds. The van der Waals surface area contributed by atoms with Gasteiger partial charge in [0.25, 0.3) is 0 Å². The molecule has 0 fully saturated rings. The van der Waals surface area contributed by atoms with Crippen LogP contribution in [0, 0.1) is 0 Å². The predicted molar refractivity (Wildman–Crippen MR) is 61.3 cm³/mol. The quantitative estimate of drug-likeness (QED) is 0.385. The minimum absolute atomic E-state index is 0.109. The molecule has 6 heteroatoms. The summed E-state index contributed by atoms with van der Waals surface area (Å²) in [4.78, 5) is 26.1. The fourth-order valence-corrected chi connectivity index (χ4v) is 1.15. The second-order valence-corrected chi connectivity index (χ2v) is 3.01. The number of carbonyl (C=O) groups is 2. The smallest absolute Gasteiger partial charge is 0.331 e. The average molecular weight is 245 g/mol. The van der Waals surface area contributed by atoms with Gasteiger partial charge in [-0.1, -0.05) is 0 Å². The molecule has 0 heterocycles. The van der Waals surface area contributed by atoms with Gasteiger partial charge in [-0.05, 0) is 32.5 Å². The lowest BCUT2D eigenvalue weighted by molar-refractivity contribution is -0.146. The molecule has 0 unspecified atom stereocenters. The molecule has 0 aliphatic heterocycles. The molecule has 0 radical (unpaired) electrons. The number of nitrogens with zero attached hydrogens (tertiary/aromatic N) is 1. The number of aliphatic imine (C=N–C) groups is 1. The first kappa shape index (κ1) is 14.7. The summed E-state index contributed by atoms with van der Waals surface area (Å²) in [7, 11) is 0. The van der Waals surface area contributed by atoms with Gasteiger partial charge in [-0.15, -0.1) is 0 Å². The zero-order chi connectivity index (χ0) is 12.4. The third-order valence-electron chi connectivity index (χ3n) is 1.69. The summed E-state index contributed by atoms with van der Waals surface area (Å²) in [5.74, 6) is -0.861. The number of esters is 2. The number of ether oxygens (including phenoxy) is 2. The Balaban J connectivity index is 4.18. The van der Waals surface area contributed by atoms with Crippen molar-refractivity contribution in [3.63, 3.8) is 0 Å². The maximum atomic E-state index is 11.3. The van der Waals surface area contributed by atoms with E-state index in [-0.39, 0.29) is 25.4 Å². The first-order valence-electron chi connectivity index (χ1n) is 5.04. The minimum atomic E-state index is -0.762. The summed E-state index contributed by atoms with van der Waals surface area (Å²) in [5.41, 5.74) is 0. The number of carbonyl (C=O) groups excluding carboxylic acids is 2. The van der Waals surface area contributed by atoms with Crippen LogP contribution in [0.4, 0.5) is 0 Å². The molecular weight excluding hydrogens is 230 g/mol. The van der Waals surface area contributed by atoms with E-state index in [1.807, 2.05) is 0 Å². The van der Waals surface area contributed by atoms with Crippen LogP contribution in [0.25, 0.3) is 0 Å². The molecule has 90 valence electrons. The Morgan fingerprint density at radius 2 is 1.94 bits per heavy atom. The number of hydrogen-bond acceptors (Lipinski definition) is 6. The summed E-state index contributed by atoms with van der Waals surface area (Å²) >= 11 is 4.42. The molecule has 0 spiro atoms. The Kier molecular flexibility index (Phi) is 8.29. The van der Waals surface area contributed by atoms with Gasteiger partial charge in [0.05, 0.1) is 18.4 Å². The molecule has 0 saturated carbocycles. The van der Waals surface area contributed by atoms with Crippen LogP contribution in [0.5, 0.6) is 0 Å². The van der Waals surface area contributed by atoms with Crippen LogP contribution in [0.3, 0.4) is 0 Å². The first-order valence-corrected chi connectivity index (χ1v) is 5.45. The van der Waals surface area contributed by atoms with E-state index in [9.17, 15) is 9.59 Å².